The minimum Gasteiger partial charge on any atom is -0.335 e. The van der Waals surface area contributed by atoms with Crippen LogP contribution in [0, 0.1) is 5.92 Å². The number of carbonyl (C=O) groups excluding carboxylic acids is 1. The number of benzene rings is 1. The first-order valence-electron chi connectivity index (χ1n) is 9.79. The van der Waals surface area contributed by atoms with Crippen LogP contribution >= 0.6 is 11.6 Å². The van der Waals surface area contributed by atoms with Crippen LogP contribution in [-0.2, 0) is 6.42 Å². The van der Waals surface area contributed by atoms with Crippen LogP contribution in [0.15, 0.2) is 36.9 Å². The Hall–Kier alpha value is -1.52. The molecule has 2 N–H and O–H groups in total. The lowest BCUT2D eigenvalue weighted by Gasteiger charge is -2.38. The Balaban J connectivity index is 1.46. The molecule has 0 spiro atoms. The summed E-state index contributed by atoms with van der Waals surface area (Å²) in [5, 5.41) is 6.80. The van der Waals surface area contributed by atoms with Crippen molar-refractivity contribution >= 4 is 17.6 Å². The van der Waals surface area contributed by atoms with Crippen LogP contribution in [-0.4, -0.2) is 42.6 Å². The van der Waals surface area contributed by atoms with E-state index in [1.807, 2.05) is 12.1 Å². The highest BCUT2D eigenvalue weighted by Gasteiger charge is 2.34. The average Bonchev–Trinajstić information content (AvgIpc) is 3.10. The van der Waals surface area contributed by atoms with Crippen LogP contribution in [0.5, 0.6) is 0 Å². The van der Waals surface area contributed by atoms with Crippen molar-refractivity contribution in [2.45, 2.75) is 50.6 Å². The molecule has 3 rings (SSSR count). The first kappa shape index (κ1) is 19.2. The van der Waals surface area contributed by atoms with Gasteiger partial charge in [0.1, 0.15) is 0 Å². The van der Waals surface area contributed by atoms with Gasteiger partial charge in [-0.25, -0.2) is 4.79 Å². The molecule has 2 aliphatic rings. The van der Waals surface area contributed by atoms with Crippen LogP contribution in [0.2, 0.25) is 5.02 Å². The van der Waals surface area contributed by atoms with Crippen molar-refractivity contribution in [1.82, 2.24) is 15.5 Å². The van der Waals surface area contributed by atoms with Gasteiger partial charge in [0.2, 0.25) is 0 Å². The number of urea groups is 1. The predicted octanol–water partition coefficient (Wildman–Crippen LogP) is 4.00. The molecule has 2 unspecified atom stereocenters. The molecule has 2 fully saturated rings. The molecular formula is C21H30ClN3O. The van der Waals surface area contributed by atoms with E-state index in [0.29, 0.717) is 12.6 Å². The fraction of sp³-hybridized carbons (Fsp3) is 0.571. The highest BCUT2D eigenvalue weighted by molar-refractivity contribution is 6.30. The van der Waals surface area contributed by atoms with E-state index < -0.39 is 0 Å². The minimum absolute atomic E-state index is 0.0700. The molecule has 142 valence electrons. The number of nitrogens with zero attached hydrogens (tertiary/aromatic N) is 1. The summed E-state index contributed by atoms with van der Waals surface area (Å²) in [6, 6.07) is 8.95. The third-order valence-corrected chi connectivity index (χ3v) is 6.01. The second-order valence-corrected chi connectivity index (χ2v) is 7.99. The molecule has 26 heavy (non-hydrogen) atoms. The maximum atomic E-state index is 12.0. The first-order valence-corrected chi connectivity index (χ1v) is 10.2. The molecule has 1 aliphatic heterocycles. The topological polar surface area (TPSA) is 44.4 Å². The maximum absolute atomic E-state index is 12.0. The number of amides is 2. The molecule has 1 saturated carbocycles. The summed E-state index contributed by atoms with van der Waals surface area (Å²) < 4.78 is 0. The second-order valence-electron chi connectivity index (χ2n) is 7.56. The molecule has 0 radical (unpaired) electrons. The van der Waals surface area contributed by atoms with E-state index in [-0.39, 0.29) is 12.1 Å². The summed E-state index contributed by atoms with van der Waals surface area (Å²) in [7, 11) is 0. The monoisotopic (exact) mass is 375 g/mol. The predicted molar refractivity (Wildman–Crippen MR) is 108 cm³/mol. The molecule has 0 bridgehead atoms. The van der Waals surface area contributed by atoms with Gasteiger partial charge >= 0.3 is 6.03 Å². The molecule has 4 nitrogen and oxygen atoms in total. The van der Waals surface area contributed by atoms with Crippen molar-refractivity contribution in [2.24, 2.45) is 5.92 Å². The first-order chi connectivity index (χ1) is 12.7. The van der Waals surface area contributed by atoms with Crippen molar-refractivity contribution in [3.8, 4) is 0 Å². The number of carbonyl (C=O) groups is 1. The summed E-state index contributed by atoms with van der Waals surface area (Å²) in [4.78, 5) is 14.6. The molecule has 1 aliphatic carbocycles. The summed E-state index contributed by atoms with van der Waals surface area (Å²) in [6.45, 7) is 6.42. The number of likely N-dealkylation sites (tertiary alicyclic amines) is 1. The minimum atomic E-state index is -0.0700. The van der Waals surface area contributed by atoms with Crippen molar-refractivity contribution in [2.75, 3.05) is 19.6 Å². The lowest BCUT2D eigenvalue weighted by molar-refractivity contribution is 0.119. The number of piperidine rings is 1. The van der Waals surface area contributed by atoms with E-state index in [2.05, 4.69) is 34.2 Å². The Morgan fingerprint density at radius 1 is 1.19 bits per heavy atom. The van der Waals surface area contributed by atoms with Crippen molar-refractivity contribution in [3.63, 3.8) is 0 Å². The molecule has 0 aromatic heterocycles. The van der Waals surface area contributed by atoms with Gasteiger partial charge in [0, 0.05) is 23.7 Å². The van der Waals surface area contributed by atoms with Crippen molar-refractivity contribution in [1.29, 1.82) is 0 Å². The average molecular weight is 376 g/mol. The van der Waals surface area contributed by atoms with Crippen molar-refractivity contribution in [3.05, 3.63) is 47.5 Å². The van der Waals surface area contributed by atoms with E-state index >= 15 is 0 Å². The van der Waals surface area contributed by atoms with Crippen LogP contribution in [0.3, 0.4) is 0 Å². The molecule has 1 aromatic rings. The van der Waals surface area contributed by atoms with E-state index in [4.69, 9.17) is 11.6 Å². The van der Waals surface area contributed by atoms with E-state index in [1.54, 1.807) is 6.08 Å². The lowest BCUT2D eigenvalue weighted by atomic mass is 9.89. The lowest BCUT2D eigenvalue weighted by Crippen LogP contribution is -2.53. The van der Waals surface area contributed by atoms with E-state index in [0.717, 1.165) is 36.9 Å². The third kappa shape index (κ3) is 5.24. The second kappa shape index (κ2) is 9.43. The van der Waals surface area contributed by atoms with Gasteiger partial charge in [0.15, 0.2) is 0 Å². The quantitative estimate of drug-likeness (QED) is 0.738. The summed E-state index contributed by atoms with van der Waals surface area (Å²) >= 11 is 5.98. The van der Waals surface area contributed by atoms with Crippen LogP contribution < -0.4 is 10.6 Å². The van der Waals surface area contributed by atoms with Gasteiger partial charge in [-0.15, -0.1) is 6.58 Å². The highest BCUT2D eigenvalue weighted by Crippen LogP contribution is 2.29. The van der Waals surface area contributed by atoms with E-state index in [1.165, 1.54) is 31.2 Å². The van der Waals surface area contributed by atoms with Crippen LogP contribution in [0.1, 0.15) is 37.7 Å². The fourth-order valence-electron chi connectivity index (χ4n) is 4.37. The molecular weight excluding hydrogens is 346 g/mol. The molecule has 2 atom stereocenters. The molecule has 2 amide bonds. The molecule has 5 heteroatoms. The van der Waals surface area contributed by atoms with Crippen LogP contribution in [0.25, 0.3) is 0 Å². The zero-order valence-corrected chi connectivity index (χ0v) is 16.2. The standard InChI is InChI=1S/C21H30ClN3O/c1-2-12-23-21(26)24-19-4-3-5-20(19)25-13-10-17(11-14-25)15-16-6-8-18(22)9-7-16/h2,6-9,17,19-20H,1,3-5,10-15H2,(H2,23,24,26). The zero-order valence-electron chi connectivity index (χ0n) is 15.4. The van der Waals surface area contributed by atoms with E-state index in [9.17, 15) is 4.79 Å². The van der Waals surface area contributed by atoms with Gasteiger partial charge in [-0.1, -0.05) is 29.8 Å². The number of nitrogens with one attached hydrogen (secondary N) is 2. The fourth-order valence-corrected chi connectivity index (χ4v) is 4.50. The Morgan fingerprint density at radius 2 is 1.92 bits per heavy atom. The van der Waals surface area contributed by atoms with Gasteiger partial charge in [0.05, 0.1) is 0 Å². The SMILES string of the molecule is C=CCNC(=O)NC1CCCC1N1CCC(Cc2ccc(Cl)cc2)CC1. The Labute approximate surface area is 162 Å². The van der Waals surface area contributed by atoms with Gasteiger partial charge in [-0.05, 0) is 75.2 Å². The number of hydrogen-bond acceptors (Lipinski definition) is 2. The molecule has 1 saturated heterocycles. The molecule has 1 aromatic carbocycles. The Kier molecular flexibility index (Phi) is 6.98. The number of rotatable bonds is 6. The third-order valence-electron chi connectivity index (χ3n) is 5.76. The molecule has 1 heterocycles. The maximum Gasteiger partial charge on any atom is 0.315 e. The number of halogens is 1. The Morgan fingerprint density at radius 3 is 2.62 bits per heavy atom. The summed E-state index contributed by atoms with van der Waals surface area (Å²) in [5.74, 6) is 0.746. The summed E-state index contributed by atoms with van der Waals surface area (Å²) in [5.41, 5.74) is 1.38. The highest BCUT2D eigenvalue weighted by atomic mass is 35.5. The van der Waals surface area contributed by atoms with Crippen molar-refractivity contribution < 1.29 is 4.79 Å². The Bertz CT molecular complexity index is 596. The largest absolute Gasteiger partial charge is 0.335 e. The smallest absolute Gasteiger partial charge is 0.315 e. The van der Waals surface area contributed by atoms with Gasteiger partial charge < -0.3 is 10.6 Å². The number of hydrogen-bond donors (Lipinski definition) is 2. The summed E-state index contributed by atoms with van der Waals surface area (Å²) in [6.07, 6.45) is 8.77. The van der Waals surface area contributed by atoms with Gasteiger partial charge in [-0.3, -0.25) is 4.90 Å². The normalized spacial score (nSPS) is 24.3. The van der Waals surface area contributed by atoms with Crippen LogP contribution in [0.4, 0.5) is 4.79 Å². The van der Waals surface area contributed by atoms with Gasteiger partial charge in [-0.2, -0.15) is 0 Å². The zero-order chi connectivity index (χ0) is 18.4. The van der Waals surface area contributed by atoms with Gasteiger partial charge in [0.25, 0.3) is 0 Å².